The summed E-state index contributed by atoms with van der Waals surface area (Å²) in [5.41, 5.74) is 4.99. The number of carbonyl (C=O) groups excluding carboxylic acids is 2. The highest BCUT2D eigenvalue weighted by Gasteiger charge is 2.35. The Morgan fingerprint density at radius 3 is 2.65 bits per heavy atom. The Morgan fingerprint density at radius 1 is 1.21 bits per heavy atom. The Bertz CT molecular complexity index is 1060. The van der Waals surface area contributed by atoms with Gasteiger partial charge >= 0.3 is 6.03 Å². The number of amides is 3. The van der Waals surface area contributed by atoms with Gasteiger partial charge in [0.1, 0.15) is 6.54 Å². The van der Waals surface area contributed by atoms with Gasteiger partial charge in [0.25, 0.3) is 5.91 Å². The molecule has 0 radical (unpaired) electrons. The average Bonchev–Trinajstić information content (AvgIpc) is 3.27. The average molecular weight is 485 g/mol. The summed E-state index contributed by atoms with van der Waals surface area (Å²) >= 11 is 6.52. The summed E-state index contributed by atoms with van der Waals surface area (Å²) in [5, 5.41) is 9.64. The third kappa shape index (κ3) is 6.15. The lowest BCUT2D eigenvalue weighted by atomic mass is 9.96. The molecule has 0 aromatic heterocycles. The summed E-state index contributed by atoms with van der Waals surface area (Å²) in [7, 11) is 1.57. The van der Waals surface area contributed by atoms with Crippen LogP contribution in [0.4, 0.5) is 4.79 Å². The molecule has 3 rings (SSSR count). The van der Waals surface area contributed by atoms with Gasteiger partial charge < -0.3 is 15.0 Å². The van der Waals surface area contributed by atoms with E-state index in [4.69, 9.17) is 21.4 Å². The smallest absolute Gasteiger partial charge is 0.317 e. The van der Waals surface area contributed by atoms with Crippen LogP contribution in [-0.2, 0) is 9.53 Å². The Hall–Kier alpha value is -2.90. The third-order valence-electron chi connectivity index (χ3n) is 5.98. The first-order valence-corrected chi connectivity index (χ1v) is 12.0. The monoisotopic (exact) mass is 484 g/mol. The van der Waals surface area contributed by atoms with E-state index in [1.54, 1.807) is 7.11 Å². The lowest BCUT2D eigenvalue weighted by Gasteiger charge is -2.27. The number of rotatable bonds is 9. The number of ether oxygens (including phenoxy) is 1. The van der Waals surface area contributed by atoms with Crippen LogP contribution in [0.5, 0.6) is 0 Å². The number of hydrogen-bond acceptors (Lipinski definition) is 4. The molecule has 0 fully saturated rings. The van der Waals surface area contributed by atoms with Crippen molar-refractivity contribution < 1.29 is 14.3 Å². The summed E-state index contributed by atoms with van der Waals surface area (Å²) in [4.78, 5) is 27.6. The second-order valence-corrected chi connectivity index (χ2v) is 8.88. The Balaban J connectivity index is 1.91. The van der Waals surface area contributed by atoms with E-state index in [9.17, 15) is 9.59 Å². The van der Waals surface area contributed by atoms with Crippen LogP contribution in [-0.4, -0.2) is 60.9 Å². The minimum atomic E-state index is -0.346. The first-order chi connectivity index (χ1) is 16.3. The van der Waals surface area contributed by atoms with E-state index >= 15 is 0 Å². The molecule has 1 atom stereocenters. The van der Waals surface area contributed by atoms with Gasteiger partial charge in [0, 0.05) is 31.6 Å². The summed E-state index contributed by atoms with van der Waals surface area (Å²) in [6, 6.07) is 13.0. The number of urea groups is 1. The molecule has 2 aromatic carbocycles. The number of hydrazone groups is 1. The molecule has 7 nitrogen and oxygen atoms in total. The molecule has 2 aromatic rings. The van der Waals surface area contributed by atoms with Crippen LogP contribution >= 0.6 is 11.6 Å². The molecule has 1 aliphatic heterocycles. The molecule has 34 heavy (non-hydrogen) atoms. The van der Waals surface area contributed by atoms with E-state index in [-0.39, 0.29) is 24.5 Å². The largest absolute Gasteiger partial charge is 0.383 e. The van der Waals surface area contributed by atoms with Crippen molar-refractivity contribution in [3.63, 3.8) is 0 Å². The van der Waals surface area contributed by atoms with Crippen LogP contribution in [0, 0.1) is 13.8 Å². The highest BCUT2D eigenvalue weighted by molar-refractivity contribution is 6.31. The van der Waals surface area contributed by atoms with Gasteiger partial charge in [0.05, 0.1) is 18.4 Å². The van der Waals surface area contributed by atoms with Crippen molar-refractivity contribution in [1.82, 2.24) is 15.2 Å². The Morgan fingerprint density at radius 2 is 1.97 bits per heavy atom. The number of carbonyl (C=O) groups is 2. The molecule has 1 aliphatic rings. The van der Waals surface area contributed by atoms with Gasteiger partial charge in [0.15, 0.2) is 0 Å². The number of nitrogens with one attached hydrogen (secondary N) is 1. The fourth-order valence-corrected chi connectivity index (χ4v) is 4.12. The lowest BCUT2D eigenvalue weighted by Crippen LogP contribution is -2.47. The van der Waals surface area contributed by atoms with Crippen LogP contribution in [0.25, 0.3) is 0 Å². The van der Waals surface area contributed by atoms with Gasteiger partial charge in [-0.15, -0.1) is 0 Å². The topological polar surface area (TPSA) is 74.2 Å². The molecule has 1 unspecified atom stereocenters. The van der Waals surface area contributed by atoms with Crippen molar-refractivity contribution >= 4 is 29.3 Å². The second kappa shape index (κ2) is 12.0. The standard InChI is InChI=1S/C26H33ClN4O3/c1-5-12-28-26(33)30(13-14-34-4)17-25(32)31-24(21-8-6-7-9-22(21)27)16-23(29-31)20-11-10-18(2)19(3)15-20/h6-11,15,24H,5,12-14,16-17H2,1-4H3,(H,28,33). The van der Waals surface area contributed by atoms with Crippen LogP contribution in [0.1, 0.15) is 48.1 Å². The van der Waals surface area contributed by atoms with E-state index in [1.807, 2.05) is 37.3 Å². The number of halogens is 1. The Kier molecular flexibility index (Phi) is 9.07. The predicted molar refractivity (Wildman–Crippen MR) is 135 cm³/mol. The number of nitrogens with zero attached hydrogens (tertiary/aromatic N) is 3. The summed E-state index contributed by atoms with van der Waals surface area (Å²) < 4.78 is 5.14. The molecule has 3 amide bonds. The molecule has 0 saturated heterocycles. The summed E-state index contributed by atoms with van der Waals surface area (Å²) in [6.07, 6.45) is 1.35. The van der Waals surface area contributed by atoms with Crippen molar-refractivity contribution in [3.05, 3.63) is 69.7 Å². The third-order valence-corrected chi connectivity index (χ3v) is 6.32. The van der Waals surface area contributed by atoms with Crippen molar-refractivity contribution in [2.45, 2.75) is 39.7 Å². The van der Waals surface area contributed by atoms with Crippen molar-refractivity contribution in [2.24, 2.45) is 5.10 Å². The SMILES string of the molecule is CCCNC(=O)N(CCOC)CC(=O)N1N=C(c2ccc(C)c(C)c2)CC1c1ccccc1Cl. The van der Waals surface area contributed by atoms with Crippen molar-refractivity contribution in [1.29, 1.82) is 0 Å². The zero-order valence-corrected chi connectivity index (χ0v) is 21.1. The van der Waals surface area contributed by atoms with Crippen LogP contribution in [0.15, 0.2) is 47.6 Å². The fraction of sp³-hybridized carbons (Fsp3) is 0.423. The number of aryl methyl sites for hydroxylation is 2. The molecule has 0 saturated carbocycles. The van der Waals surface area contributed by atoms with Gasteiger partial charge in [-0.2, -0.15) is 5.10 Å². The Labute approximate surface area is 206 Å². The van der Waals surface area contributed by atoms with Gasteiger partial charge in [-0.3, -0.25) is 4.79 Å². The highest BCUT2D eigenvalue weighted by atomic mass is 35.5. The molecule has 0 bridgehead atoms. The summed E-state index contributed by atoms with van der Waals surface area (Å²) in [6.45, 7) is 7.17. The van der Waals surface area contributed by atoms with Crippen LogP contribution in [0.3, 0.4) is 0 Å². The molecule has 0 aliphatic carbocycles. The first kappa shape index (κ1) is 25.7. The van der Waals surface area contributed by atoms with Crippen molar-refractivity contribution in [2.75, 3.05) is 33.4 Å². The zero-order valence-electron chi connectivity index (χ0n) is 20.3. The normalized spacial score (nSPS) is 15.3. The van der Waals surface area contributed by atoms with E-state index in [1.165, 1.54) is 15.5 Å². The summed E-state index contributed by atoms with van der Waals surface area (Å²) in [5.74, 6) is -0.272. The maximum Gasteiger partial charge on any atom is 0.317 e. The predicted octanol–water partition coefficient (Wildman–Crippen LogP) is 4.70. The first-order valence-electron chi connectivity index (χ1n) is 11.6. The van der Waals surface area contributed by atoms with Gasteiger partial charge in [-0.1, -0.05) is 48.9 Å². The number of benzene rings is 2. The van der Waals surface area contributed by atoms with E-state index in [2.05, 4.69) is 31.3 Å². The zero-order chi connectivity index (χ0) is 24.7. The molecule has 1 N–H and O–H groups in total. The van der Waals surface area contributed by atoms with E-state index in [0.29, 0.717) is 31.1 Å². The van der Waals surface area contributed by atoms with Gasteiger partial charge in [0.2, 0.25) is 0 Å². The maximum absolute atomic E-state index is 13.5. The molecular weight excluding hydrogens is 452 g/mol. The van der Waals surface area contributed by atoms with E-state index in [0.717, 1.165) is 28.8 Å². The molecule has 8 heteroatoms. The van der Waals surface area contributed by atoms with Gasteiger partial charge in [-0.05, 0) is 54.7 Å². The maximum atomic E-state index is 13.5. The quantitative estimate of drug-likeness (QED) is 0.560. The van der Waals surface area contributed by atoms with Crippen molar-refractivity contribution in [3.8, 4) is 0 Å². The lowest BCUT2D eigenvalue weighted by molar-refractivity contribution is -0.133. The van der Waals surface area contributed by atoms with Gasteiger partial charge in [-0.25, -0.2) is 9.80 Å². The number of hydrogen-bond donors (Lipinski definition) is 1. The van der Waals surface area contributed by atoms with Crippen LogP contribution < -0.4 is 5.32 Å². The second-order valence-electron chi connectivity index (χ2n) is 8.47. The highest BCUT2D eigenvalue weighted by Crippen LogP contribution is 2.36. The van der Waals surface area contributed by atoms with Crippen LogP contribution in [0.2, 0.25) is 5.02 Å². The fourth-order valence-electron chi connectivity index (χ4n) is 3.86. The number of methoxy groups -OCH3 is 1. The minimum absolute atomic E-state index is 0.108. The minimum Gasteiger partial charge on any atom is -0.383 e. The molecule has 0 spiro atoms. The molecule has 182 valence electrons. The van der Waals surface area contributed by atoms with E-state index < -0.39 is 0 Å². The molecular formula is C26H33ClN4O3. The molecule has 1 heterocycles.